The smallest absolute Gasteiger partial charge is 0.121 e. The molecule has 0 saturated heterocycles. The Morgan fingerprint density at radius 2 is 2.20 bits per heavy atom. The average Bonchev–Trinajstić information content (AvgIpc) is 2.57. The Balaban J connectivity index is 2.35. The van der Waals surface area contributed by atoms with E-state index in [1.807, 2.05) is 36.2 Å². The van der Waals surface area contributed by atoms with Crippen LogP contribution in [0.5, 0.6) is 0 Å². The SMILES string of the molecule is CN=C(N)C=C1Nc2ccccc2N1C. The van der Waals surface area contributed by atoms with Gasteiger partial charge in [0.1, 0.15) is 11.7 Å². The number of fused-ring (bicyclic) bond motifs is 1. The molecule has 0 aliphatic carbocycles. The molecule has 0 amide bonds. The van der Waals surface area contributed by atoms with Gasteiger partial charge in [-0.2, -0.15) is 0 Å². The minimum Gasteiger partial charge on any atom is -0.384 e. The summed E-state index contributed by atoms with van der Waals surface area (Å²) in [5, 5.41) is 3.28. The van der Waals surface area contributed by atoms with E-state index in [1.165, 1.54) is 0 Å². The molecule has 0 fully saturated rings. The quantitative estimate of drug-likeness (QED) is 0.534. The summed E-state index contributed by atoms with van der Waals surface area (Å²) in [5.74, 6) is 1.46. The summed E-state index contributed by atoms with van der Waals surface area (Å²) in [6, 6.07) is 8.10. The van der Waals surface area contributed by atoms with Crippen molar-refractivity contribution in [2.75, 3.05) is 24.3 Å². The second kappa shape index (κ2) is 3.65. The van der Waals surface area contributed by atoms with Crippen molar-refractivity contribution in [1.29, 1.82) is 0 Å². The van der Waals surface area contributed by atoms with Gasteiger partial charge in [0, 0.05) is 20.2 Å². The summed E-state index contributed by atoms with van der Waals surface area (Å²) in [7, 11) is 3.67. The molecule has 4 nitrogen and oxygen atoms in total. The number of nitrogens with one attached hydrogen (secondary N) is 1. The van der Waals surface area contributed by atoms with Crippen molar-refractivity contribution in [1.82, 2.24) is 0 Å². The molecule has 0 saturated carbocycles. The van der Waals surface area contributed by atoms with Gasteiger partial charge < -0.3 is 16.0 Å². The second-order valence-electron chi connectivity index (χ2n) is 3.38. The van der Waals surface area contributed by atoms with Gasteiger partial charge in [0.2, 0.25) is 0 Å². The number of hydrogen-bond acceptors (Lipinski definition) is 3. The lowest BCUT2D eigenvalue weighted by atomic mass is 10.3. The molecule has 1 aromatic rings. The van der Waals surface area contributed by atoms with Crippen LogP contribution in [0.3, 0.4) is 0 Å². The van der Waals surface area contributed by atoms with Crippen molar-refractivity contribution >= 4 is 17.2 Å². The van der Waals surface area contributed by atoms with Crippen molar-refractivity contribution in [3.8, 4) is 0 Å². The molecule has 2 rings (SSSR count). The molecule has 0 unspecified atom stereocenters. The highest BCUT2D eigenvalue weighted by molar-refractivity contribution is 5.94. The Kier molecular flexibility index (Phi) is 2.33. The molecule has 0 radical (unpaired) electrons. The molecule has 0 aromatic heterocycles. The predicted octanol–water partition coefficient (Wildman–Crippen LogP) is 1.38. The van der Waals surface area contributed by atoms with Crippen molar-refractivity contribution in [3.63, 3.8) is 0 Å². The number of hydrogen-bond donors (Lipinski definition) is 2. The molecule has 1 heterocycles. The van der Waals surface area contributed by atoms with Crippen molar-refractivity contribution in [3.05, 3.63) is 36.2 Å². The molecule has 0 atom stereocenters. The number of benzene rings is 1. The molecule has 3 N–H and O–H groups in total. The van der Waals surface area contributed by atoms with Crippen LogP contribution in [0.1, 0.15) is 0 Å². The maximum absolute atomic E-state index is 5.66. The molecular weight excluding hydrogens is 188 g/mol. The molecule has 1 aromatic carbocycles. The van der Waals surface area contributed by atoms with Crippen LogP contribution in [0.4, 0.5) is 11.4 Å². The largest absolute Gasteiger partial charge is 0.384 e. The number of aliphatic imine (C=N–C) groups is 1. The Morgan fingerprint density at radius 3 is 2.87 bits per heavy atom. The van der Waals surface area contributed by atoms with E-state index in [9.17, 15) is 0 Å². The lowest BCUT2D eigenvalue weighted by molar-refractivity contribution is 1.16. The highest BCUT2D eigenvalue weighted by Gasteiger charge is 2.19. The fraction of sp³-hybridized carbons (Fsp3) is 0.182. The summed E-state index contributed by atoms with van der Waals surface area (Å²) in [6.07, 6.45) is 1.82. The first-order chi connectivity index (χ1) is 7.22. The third kappa shape index (κ3) is 1.66. The zero-order valence-corrected chi connectivity index (χ0v) is 8.86. The fourth-order valence-electron chi connectivity index (χ4n) is 1.56. The van der Waals surface area contributed by atoms with E-state index in [0.29, 0.717) is 5.84 Å². The summed E-state index contributed by atoms with van der Waals surface area (Å²) in [5.41, 5.74) is 7.90. The monoisotopic (exact) mass is 202 g/mol. The topological polar surface area (TPSA) is 53.6 Å². The number of nitrogens with zero attached hydrogens (tertiary/aromatic N) is 2. The molecule has 1 aliphatic heterocycles. The Bertz CT molecular complexity index is 434. The summed E-state index contributed by atoms with van der Waals surface area (Å²) in [4.78, 5) is 5.95. The number of para-hydroxylation sites is 2. The van der Waals surface area contributed by atoms with E-state index in [2.05, 4.69) is 16.4 Å². The lowest BCUT2D eigenvalue weighted by Crippen LogP contribution is -2.18. The summed E-state index contributed by atoms with van der Waals surface area (Å²) < 4.78 is 0. The minimum atomic E-state index is 0.511. The van der Waals surface area contributed by atoms with Gasteiger partial charge >= 0.3 is 0 Å². The van der Waals surface area contributed by atoms with Gasteiger partial charge in [-0.15, -0.1) is 0 Å². The number of rotatable bonds is 1. The van der Waals surface area contributed by atoms with Gasteiger partial charge in [0.05, 0.1) is 11.4 Å². The molecule has 1 aliphatic rings. The fourth-order valence-corrected chi connectivity index (χ4v) is 1.56. The molecule has 4 heteroatoms. The highest BCUT2D eigenvalue weighted by Crippen LogP contribution is 2.34. The van der Waals surface area contributed by atoms with E-state index in [-0.39, 0.29) is 0 Å². The first kappa shape index (κ1) is 9.58. The number of nitrogens with two attached hydrogens (primary N) is 1. The van der Waals surface area contributed by atoms with E-state index in [0.717, 1.165) is 17.2 Å². The maximum Gasteiger partial charge on any atom is 0.121 e. The highest BCUT2D eigenvalue weighted by atomic mass is 15.3. The van der Waals surface area contributed by atoms with Crippen LogP contribution in [0.2, 0.25) is 0 Å². The normalized spacial score (nSPS) is 17.9. The maximum atomic E-state index is 5.66. The third-order valence-electron chi connectivity index (χ3n) is 2.43. The zero-order valence-electron chi connectivity index (χ0n) is 8.86. The van der Waals surface area contributed by atoms with Crippen LogP contribution in [-0.4, -0.2) is 19.9 Å². The van der Waals surface area contributed by atoms with Gasteiger partial charge in [-0.05, 0) is 12.1 Å². The Labute approximate surface area is 89.1 Å². The van der Waals surface area contributed by atoms with Gasteiger partial charge in [-0.25, -0.2) is 0 Å². The Hall–Kier alpha value is -1.97. The van der Waals surface area contributed by atoms with E-state index in [1.54, 1.807) is 7.05 Å². The first-order valence-corrected chi connectivity index (χ1v) is 4.76. The molecule has 15 heavy (non-hydrogen) atoms. The Morgan fingerprint density at radius 1 is 1.47 bits per heavy atom. The van der Waals surface area contributed by atoms with Crippen LogP contribution in [-0.2, 0) is 0 Å². The summed E-state index contributed by atoms with van der Waals surface area (Å²) in [6.45, 7) is 0. The van der Waals surface area contributed by atoms with E-state index in [4.69, 9.17) is 5.73 Å². The predicted molar refractivity (Wildman–Crippen MR) is 64.1 cm³/mol. The molecule has 0 spiro atoms. The minimum absolute atomic E-state index is 0.511. The van der Waals surface area contributed by atoms with Crippen LogP contribution in [0, 0.1) is 0 Å². The van der Waals surface area contributed by atoms with Gasteiger partial charge in [-0.3, -0.25) is 4.99 Å². The second-order valence-corrected chi connectivity index (χ2v) is 3.38. The van der Waals surface area contributed by atoms with Gasteiger partial charge in [0.15, 0.2) is 0 Å². The molecular formula is C11H14N4. The third-order valence-corrected chi connectivity index (χ3v) is 2.43. The van der Waals surface area contributed by atoms with E-state index < -0.39 is 0 Å². The van der Waals surface area contributed by atoms with Crippen molar-refractivity contribution in [2.24, 2.45) is 10.7 Å². The van der Waals surface area contributed by atoms with E-state index >= 15 is 0 Å². The number of amidine groups is 1. The van der Waals surface area contributed by atoms with Gasteiger partial charge in [-0.1, -0.05) is 12.1 Å². The molecule has 0 bridgehead atoms. The van der Waals surface area contributed by atoms with Gasteiger partial charge in [0.25, 0.3) is 0 Å². The molecule has 78 valence electrons. The lowest BCUT2D eigenvalue weighted by Gasteiger charge is -2.12. The standard InChI is InChI=1S/C11H14N4/c1-13-10(12)7-11-14-8-5-3-4-6-9(8)15(11)2/h3-7,14H,1-2H3,(H2,12,13). The van der Waals surface area contributed by atoms with Crippen molar-refractivity contribution < 1.29 is 0 Å². The van der Waals surface area contributed by atoms with Crippen LogP contribution >= 0.6 is 0 Å². The van der Waals surface area contributed by atoms with Crippen LogP contribution < -0.4 is 16.0 Å². The van der Waals surface area contributed by atoms with Crippen LogP contribution in [0.15, 0.2) is 41.2 Å². The first-order valence-electron chi connectivity index (χ1n) is 4.76. The zero-order chi connectivity index (χ0) is 10.8. The van der Waals surface area contributed by atoms with Crippen LogP contribution in [0.25, 0.3) is 0 Å². The van der Waals surface area contributed by atoms with Crippen molar-refractivity contribution in [2.45, 2.75) is 0 Å². The summed E-state index contributed by atoms with van der Waals surface area (Å²) >= 11 is 0. The average molecular weight is 202 g/mol. The number of anilines is 2.